The molecule has 6 aromatic rings. The van der Waals surface area contributed by atoms with Crippen molar-refractivity contribution in [2.75, 3.05) is 11.5 Å². The maximum atomic E-state index is 6.24. The van der Waals surface area contributed by atoms with Gasteiger partial charge in [-0.05, 0) is 79.9 Å². The van der Waals surface area contributed by atoms with Gasteiger partial charge in [-0.3, -0.25) is 0 Å². The van der Waals surface area contributed by atoms with Crippen LogP contribution in [0.4, 0.5) is 11.4 Å². The number of benzene rings is 6. The zero-order valence-electron chi connectivity index (χ0n) is 21.5. The predicted octanol–water partition coefficient (Wildman–Crippen LogP) is 8.55. The second-order valence-electron chi connectivity index (χ2n) is 10.2. The Morgan fingerprint density at radius 3 is 1.08 bits per heavy atom. The molecule has 39 heavy (non-hydrogen) atoms. The zero-order chi connectivity index (χ0) is 26.4. The van der Waals surface area contributed by atoms with Crippen LogP contribution in [0.1, 0.15) is 22.3 Å². The minimum atomic E-state index is -0.592. The number of fused-ring (bicyclic) bond motifs is 3. The molecule has 0 aromatic heterocycles. The van der Waals surface area contributed by atoms with Crippen LogP contribution in [0.15, 0.2) is 146 Å². The molecule has 0 saturated heterocycles. The minimum absolute atomic E-state index is 0.592. The van der Waals surface area contributed by atoms with Crippen LogP contribution in [0.3, 0.4) is 0 Å². The molecule has 0 unspecified atom stereocenters. The molecule has 0 bridgehead atoms. The standard InChI is InChI=1S/C37H28N2/c38-29-21-17-27(18-22-29)37(28-19-23-30(39)24-20-28)35-31(25-9-3-1-4-10-25)13-7-15-33(35)34-16-8-14-32(36(34)37)26-11-5-2-6-12-26/h1-24H,38-39H2. The molecule has 2 heteroatoms. The van der Waals surface area contributed by atoms with Gasteiger partial charge in [-0.15, -0.1) is 0 Å². The van der Waals surface area contributed by atoms with E-state index in [-0.39, 0.29) is 0 Å². The summed E-state index contributed by atoms with van der Waals surface area (Å²) >= 11 is 0. The van der Waals surface area contributed by atoms with Crippen LogP contribution in [-0.4, -0.2) is 0 Å². The Hall–Kier alpha value is -5.08. The van der Waals surface area contributed by atoms with Gasteiger partial charge in [-0.1, -0.05) is 121 Å². The van der Waals surface area contributed by atoms with Gasteiger partial charge in [0.05, 0.1) is 5.41 Å². The molecule has 1 aliphatic carbocycles. The van der Waals surface area contributed by atoms with E-state index in [1.165, 1.54) is 55.6 Å². The lowest BCUT2D eigenvalue weighted by atomic mass is 9.64. The van der Waals surface area contributed by atoms with E-state index in [1.54, 1.807) is 0 Å². The Kier molecular flexibility index (Phi) is 5.35. The highest BCUT2D eigenvalue weighted by Crippen LogP contribution is 2.60. The fourth-order valence-corrected chi connectivity index (χ4v) is 6.41. The van der Waals surface area contributed by atoms with Crippen molar-refractivity contribution in [1.82, 2.24) is 0 Å². The van der Waals surface area contributed by atoms with Crippen molar-refractivity contribution >= 4 is 11.4 Å². The number of hydrogen-bond donors (Lipinski definition) is 2. The zero-order valence-corrected chi connectivity index (χ0v) is 21.5. The van der Waals surface area contributed by atoms with E-state index in [9.17, 15) is 0 Å². The SMILES string of the molecule is Nc1ccc(C2(c3ccc(N)cc3)c3c(-c4ccccc4)cccc3-c3cccc(-c4ccccc4)c32)cc1. The van der Waals surface area contributed by atoms with Crippen LogP contribution >= 0.6 is 0 Å². The van der Waals surface area contributed by atoms with Crippen LogP contribution in [0.5, 0.6) is 0 Å². The topological polar surface area (TPSA) is 52.0 Å². The Bertz CT molecular complexity index is 1650. The molecule has 7 rings (SSSR count). The monoisotopic (exact) mass is 500 g/mol. The maximum absolute atomic E-state index is 6.24. The molecular formula is C37H28N2. The molecule has 0 atom stereocenters. The Morgan fingerprint density at radius 1 is 0.333 bits per heavy atom. The van der Waals surface area contributed by atoms with Gasteiger partial charge in [0.2, 0.25) is 0 Å². The summed E-state index contributed by atoms with van der Waals surface area (Å²) in [5, 5.41) is 0. The average molecular weight is 501 g/mol. The number of nitrogens with two attached hydrogens (primary N) is 2. The van der Waals surface area contributed by atoms with E-state index >= 15 is 0 Å². The second-order valence-corrected chi connectivity index (χ2v) is 10.2. The molecule has 0 fully saturated rings. The first kappa shape index (κ1) is 23.1. The first-order valence-corrected chi connectivity index (χ1v) is 13.3. The van der Waals surface area contributed by atoms with Gasteiger partial charge in [-0.25, -0.2) is 0 Å². The number of hydrogen-bond acceptors (Lipinski definition) is 2. The van der Waals surface area contributed by atoms with E-state index in [0.717, 1.165) is 11.4 Å². The van der Waals surface area contributed by atoms with Gasteiger partial charge in [0.25, 0.3) is 0 Å². The highest BCUT2D eigenvalue weighted by Gasteiger charge is 2.49. The van der Waals surface area contributed by atoms with Crippen LogP contribution in [0.25, 0.3) is 33.4 Å². The highest BCUT2D eigenvalue weighted by atomic mass is 14.6. The van der Waals surface area contributed by atoms with Gasteiger partial charge in [-0.2, -0.15) is 0 Å². The van der Waals surface area contributed by atoms with Crippen LogP contribution in [0, 0.1) is 0 Å². The molecule has 0 amide bonds. The van der Waals surface area contributed by atoms with E-state index in [2.05, 4.69) is 121 Å². The molecule has 0 spiro atoms. The molecular weight excluding hydrogens is 472 g/mol. The summed E-state index contributed by atoms with van der Waals surface area (Å²) in [5.74, 6) is 0. The third-order valence-electron chi connectivity index (χ3n) is 8.03. The lowest BCUT2D eigenvalue weighted by molar-refractivity contribution is 0.772. The fourth-order valence-electron chi connectivity index (χ4n) is 6.41. The normalized spacial score (nSPS) is 13.0. The summed E-state index contributed by atoms with van der Waals surface area (Å²) in [6, 6.07) is 51.6. The Labute approximate surface area is 229 Å². The molecule has 1 aliphatic rings. The predicted molar refractivity (Wildman–Crippen MR) is 163 cm³/mol. The van der Waals surface area contributed by atoms with Crippen LogP contribution < -0.4 is 11.5 Å². The molecule has 6 aromatic carbocycles. The van der Waals surface area contributed by atoms with E-state index in [4.69, 9.17) is 11.5 Å². The lowest BCUT2D eigenvalue weighted by Gasteiger charge is -2.36. The summed E-state index contributed by atoms with van der Waals surface area (Å²) in [5.41, 5.74) is 25.6. The number of anilines is 2. The summed E-state index contributed by atoms with van der Waals surface area (Å²) in [4.78, 5) is 0. The highest BCUT2D eigenvalue weighted by molar-refractivity contribution is 5.96. The van der Waals surface area contributed by atoms with Crippen molar-refractivity contribution in [3.05, 3.63) is 168 Å². The van der Waals surface area contributed by atoms with Crippen molar-refractivity contribution in [3.8, 4) is 33.4 Å². The average Bonchev–Trinajstić information content (AvgIpc) is 3.30. The summed E-state index contributed by atoms with van der Waals surface area (Å²) in [7, 11) is 0. The smallest absolute Gasteiger partial charge is 0.0725 e. The van der Waals surface area contributed by atoms with Crippen molar-refractivity contribution in [1.29, 1.82) is 0 Å². The van der Waals surface area contributed by atoms with Gasteiger partial charge in [0.1, 0.15) is 0 Å². The summed E-state index contributed by atoms with van der Waals surface area (Å²) in [6.07, 6.45) is 0. The Balaban J connectivity index is 1.70. The number of rotatable bonds is 4. The van der Waals surface area contributed by atoms with Crippen molar-refractivity contribution in [2.24, 2.45) is 0 Å². The molecule has 2 nitrogen and oxygen atoms in total. The molecule has 0 aliphatic heterocycles. The van der Waals surface area contributed by atoms with E-state index < -0.39 is 5.41 Å². The molecule has 0 heterocycles. The quantitative estimate of drug-likeness (QED) is 0.238. The van der Waals surface area contributed by atoms with Crippen molar-refractivity contribution < 1.29 is 0 Å². The van der Waals surface area contributed by atoms with E-state index in [0.29, 0.717) is 0 Å². The van der Waals surface area contributed by atoms with Crippen molar-refractivity contribution in [3.63, 3.8) is 0 Å². The first-order chi connectivity index (χ1) is 19.2. The fraction of sp³-hybridized carbons (Fsp3) is 0.0270. The van der Waals surface area contributed by atoms with E-state index in [1.807, 2.05) is 24.3 Å². The van der Waals surface area contributed by atoms with Crippen molar-refractivity contribution in [2.45, 2.75) is 5.41 Å². The second kappa shape index (κ2) is 9.04. The van der Waals surface area contributed by atoms with Gasteiger partial charge < -0.3 is 11.5 Å². The third kappa shape index (κ3) is 3.49. The third-order valence-corrected chi connectivity index (χ3v) is 8.03. The van der Waals surface area contributed by atoms with Gasteiger partial charge in [0.15, 0.2) is 0 Å². The Morgan fingerprint density at radius 2 is 0.692 bits per heavy atom. The minimum Gasteiger partial charge on any atom is -0.399 e. The van der Waals surface area contributed by atoms with Gasteiger partial charge in [0, 0.05) is 11.4 Å². The lowest BCUT2D eigenvalue weighted by Crippen LogP contribution is -2.30. The largest absolute Gasteiger partial charge is 0.399 e. The van der Waals surface area contributed by atoms with Crippen LogP contribution in [0.2, 0.25) is 0 Å². The van der Waals surface area contributed by atoms with Gasteiger partial charge >= 0.3 is 0 Å². The maximum Gasteiger partial charge on any atom is 0.0725 e. The van der Waals surface area contributed by atoms with Crippen LogP contribution in [-0.2, 0) is 5.41 Å². The molecule has 0 radical (unpaired) electrons. The number of nitrogen functional groups attached to an aromatic ring is 2. The summed E-state index contributed by atoms with van der Waals surface area (Å²) < 4.78 is 0. The molecule has 4 N–H and O–H groups in total. The molecule has 0 saturated carbocycles. The first-order valence-electron chi connectivity index (χ1n) is 13.3. The summed E-state index contributed by atoms with van der Waals surface area (Å²) in [6.45, 7) is 0. The molecule has 186 valence electrons.